The largest absolute Gasteiger partial charge is 0.461 e. The Morgan fingerprint density at radius 3 is 2.64 bits per heavy atom. The highest BCUT2D eigenvalue weighted by Crippen LogP contribution is 2.22. The maximum Gasteiger partial charge on any atom is 0.357 e. The van der Waals surface area contributed by atoms with Crippen LogP contribution in [0, 0.1) is 0 Å². The summed E-state index contributed by atoms with van der Waals surface area (Å²) in [5.41, 5.74) is 0.791. The van der Waals surface area contributed by atoms with Crippen molar-refractivity contribution in [1.29, 1.82) is 0 Å². The molecule has 1 saturated carbocycles. The number of aliphatic imine (C=N–C) groups is 1. The first-order chi connectivity index (χ1) is 10.6. The number of hydrogen-bond acceptors (Lipinski definition) is 5. The van der Waals surface area contributed by atoms with Gasteiger partial charge in [0.1, 0.15) is 0 Å². The molecule has 8 heteroatoms. The first kappa shape index (κ1) is 18.3. The van der Waals surface area contributed by atoms with E-state index in [0.29, 0.717) is 6.42 Å². The monoisotopic (exact) mass is 318 g/mol. The van der Waals surface area contributed by atoms with E-state index in [1.54, 1.807) is 6.92 Å². The van der Waals surface area contributed by atoms with Crippen LogP contribution in [-0.2, 0) is 9.53 Å². The molecule has 0 aliphatic heterocycles. The van der Waals surface area contributed by atoms with Gasteiger partial charge in [0.15, 0.2) is 17.4 Å². The SMILES string of the molecule is CCOC(=O)/C(NC)=C(\F)C(=N[C@@H]1CCC[C@H](NC)C1)NF. The van der Waals surface area contributed by atoms with Gasteiger partial charge in [-0.25, -0.2) is 14.7 Å². The molecule has 0 spiro atoms. The number of amidine groups is 1. The highest BCUT2D eigenvalue weighted by molar-refractivity contribution is 6.03. The lowest BCUT2D eigenvalue weighted by molar-refractivity contribution is -0.139. The highest BCUT2D eigenvalue weighted by Gasteiger charge is 2.24. The summed E-state index contributed by atoms with van der Waals surface area (Å²) in [5, 5.41) is 5.54. The fraction of sp³-hybridized carbons (Fsp3) is 0.714. The summed E-state index contributed by atoms with van der Waals surface area (Å²) >= 11 is 0. The molecule has 0 unspecified atom stereocenters. The van der Waals surface area contributed by atoms with Gasteiger partial charge in [-0.05, 0) is 39.7 Å². The minimum Gasteiger partial charge on any atom is -0.461 e. The number of nitrogens with one attached hydrogen (secondary N) is 3. The van der Waals surface area contributed by atoms with Gasteiger partial charge >= 0.3 is 5.97 Å². The summed E-state index contributed by atoms with van der Waals surface area (Å²) in [6.45, 7) is 1.70. The number of nitrogens with zero attached hydrogens (tertiary/aromatic N) is 1. The molecule has 22 heavy (non-hydrogen) atoms. The van der Waals surface area contributed by atoms with E-state index < -0.39 is 23.3 Å². The fourth-order valence-corrected chi connectivity index (χ4v) is 2.47. The van der Waals surface area contributed by atoms with Crippen LogP contribution in [0.15, 0.2) is 16.5 Å². The second kappa shape index (κ2) is 9.34. The van der Waals surface area contributed by atoms with Crippen molar-refractivity contribution in [1.82, 2.24) is 16.2 Å². The van der Waals surface area contributed by atoms with Crippen molar-refractivity contribution in [2.45, 2.75) is 44.7 Å². The fourth-order valence-electron chi connectivity index (χ4n) is 2.47. The van der Waals surface area contributed by atoms with Gasteiger partial charge in [0, 0.05) is 13.1 Å². The molecule has 6 nitrogen and oxygen atoms in total. The molecule has 0 heterocycles. The van der Waals surface area contributed by atoms with Gasteiger partial charge in [0.2, 0.25) is 0 Å². The van der Waals surface area contributed by atoms with Crippen LogP contribution in [0.2, 0.25) is 0 Å². The highest BCUT2D eigenvalue weighted by atomic mass is 19.2. The third-order valence-corrected chi connectivity index (χ3v) is 3.61. The van der Waals surface area contributed by atoms with Gasteiger partial charge in [0.25, 0.3) is 0 Å². The predicted molar refractivity (Wildman–Crippen MR) is 80.6 cm³/mol. The number of carbonyl (C=O) groups is 1. The molecule has 1 rings (SSSR count). The summed E-state index contributed by atoms with van der Waals surface area (Å²) in [4.78, 5) is 15.7. The zero-order chi connectivity index (χ0) is 16.5. The summed E-state index contributed by atoms with van der Waals surface area (Å²) in [7, 11) is 3.21. The van der Waals surface area contributed by atoms with E-state index in [9.17, 15) is 13.7 Å². The van der Waals surface area contributed by atoms with E-state index in [4.69, 9.17) is 4.74 Å². The molecule has 0 aromatic rings. The lowest BCUT2D eigenvalue weighted by Gasteiger charge is -2.26. The van der Waals surface area contributed by atoms with Crippen LogP contribution in [0.5, 0.6) is 0 Å². The molecule has 3 N–H and O–H groups in total. The summed E-state index contributed by atoms with van der Waals surface area (Å²) < 4.78 is 32.0. The minimum atomic E-state index is -1.09. The van der Waals surface area contributed by atoms with Crippen LogP contribution in [0.4, 0.5) is 8.87 Å². The molecule has 1 aliphatic carbocycles. The van der Waals surface area contributed by atoms with Crippen molar-refractivity contribution in [3.05, 3.63) is 11.5 Å². The minimum absolute atomic E-state index is 0.0965. The van der Waals surface area contributed by atoms with Gasteiger partial charge in [-0.3, -0.25) is 4.99 Å². The zero-order valence-corrected chi connectivity index (χ0v) is 13.2. The second-order valence-electron chi connectivity index (χ2n) is 5.04. The quantitative estimate of drug-likeness (QED) is 0.227. The molecular formula is C14H24F2N4O2. The zero-order valence-electron chi connectivity index (χ0n) is 13.2. The van der Waals surface area contributed by atoms with E-state index in [2.05, 4.69) is 15.6 Å². The molecule has 126 valence electrons. The maximum atomic E-state index is 14.3. The number of carbonyl (C=O) groups excluding carboxylic acids is 1. The van der Waals surface area contributed by atoms with Crippen molar-refractivity contribution < 1.29 is 18.4 Å². The summed E-state index contributed by atoms with van der Waals surface area (Å²) in [6, 6.07) is 0.0831. The molecule has 0 aromatic carbocycles. The first-order valence-electron chi connectivity index (χ1n) is 7.44. The number of likely N-dealkylation sites (N-methyl/N-ethyl adjacent to an activating group) is 1. The lowest BCUT2D eigenvalue weighted by atomic mass is 9.91. The van der Waals surface area contributed by atoms with Crippen molar-refractivity contribution >= 4 is 11.8 Å². The Labute approximate surface area is 129 Å². The van der Waals surface area contributed by atoms with E-state index >= 15 is 0 Å². The lowest BCUT2D eigenvalue weighted by Crippen LogP contribution is -2.34. The maximum absolute atomic E-state index is 14.3. The van der Waals surface area contributed by atoms with Crippen LogP contribution in [0.1, 0.15) is 32.6 Å². The molecule has 0 radical (unpaired) electrons. The van der Waals surface area contributed by atoms with Crippen LogP contribution in [0.25, 0.3) is 0 Å². The molecule has 0 bridgehead atoms. The van der Waals surface area contributed by atoms with E-state index in [0.717, 1.165) is 19.3 Å². The number of ether oxygens (including phenoxy) is 1. The number of esters is 1. The van der Waals surface area contributed by atoms with Crippen molar-refractivity contribution in [3.63, 3.8) is 0 Å². The predicted octanol–water partition coefficient (Wildman–Crippen LogP) is 1.35. The van der Waals surface area contributed by atoms with Gasteiger partial charge in [-0.15, -0.1) is 4.48 Å². The smallest absolute Gasteiger partial charge is 0.357 e. The first-order valence-corrected chi connectivity index (χ1v) is 7.44. The topological polar surface area (TPSA) is 74.8 Å². The average Bonchev–Trinajstić information content (AvgIpc) is 2.53. The summed E-state index contributed by atoms with van der Waals surface area (Å²) in [5.74, 6) is -2.56. The van der Waals surface area contributed by atoms with Crippen LogP contribution in [0.3, 0.4) is 0 Å². The van der Waals surface area contributed by atoms with Gasteiger partial charge in [-0.2, -0.15) is 0 Å². The third kappa shape index (κ3) is 4.94. The van der Waals surface area contributed by atoms with Crippen molar-refractivity contribution in [3.8, 4) is 0 Å². The molecule has 1 aliphatic rings. The second-order valence-corrected chi connectivity index (χ2v) is 5.04. The Morgan fingerprint density at radius 1 is 1.36 bits per heavy atom. The standard InChI is InChI=1S/C14H24F2N4O2/c1-4-22-14(21)12(18-3)11(15)13(20-16)19-10-7-5-6-9(8-10)17-2/h9-10,17-18H,4-8H2,1-3H3,(H,19,20)/b12-11+/t9-,10+/m0/s1. The molecule has 1 fully saturated rings. The third-order valence-electron chi connectivity index (χ3n) is 3.61. The van der Waals surface area contributed by atoms with E-state index in [1.807, 2.05) is 7.05 Å². The van der Waals surface area contributed by atoms with E-state index in [-0.39, 0.29) is 18.7 Å². The Bertz CT molecular complexity index is 441. The van der Waals surface area contributed by atoms with Gasteiger partial charge in [-0.1, -0.05) is 0 Å². The van der Waals surface area contributed by atoms with Gasteiger partial charge < -0.3 is 15.4 Å². The van der Waals surface area contributed by atoms with Crippen LogP contribution in [-0.4, -0.2) is 44.6 Å². The average molecular weight is 318 g/mol. The normalized spacial score (nSPS) is 23.6. The Balaban J connectivity index is 2.96. The molecule has 0 aromatic heterocycles. The molecular weight excluding hydrogens is 294 g/mol. The van der Waals surface area contributed by atoms with Crippen LogP contribution < -0.4 is 16.2 Å². The Morgan fingerprint density at radius 2 is 2.09 bits per heavy atom. The number of halogens is 2. The van der Waals surface area contributed by atoms with Gasteiger partial charge in [0.05, 0.1) is 12.6 Å². The Hall–Kier alpha value is -1.70. The van der Waals surface area contributed by atoms with Crippen molar-refractivity contribution in [2.75, 3.05) is 20.7 Å². The Kier molecular flexibility index (Phi) is 7.79. The molecule has 2 atom stereocenters. The molecule has 0 saturated heterocycles. The number of rotatable bonds is 6. The summed E-state index contributed by atoms with van der Waals surface area (Å²) in [6.07, 6.45) is 3.40. The number of hydrogen-bond donors (Lipinski definition) is 3. The van der Waals surface area contributed by atoms with Crippen LogP contribution >= 0.6 is 0 Å². The molecule has 0 amide bonds. The van der Waals surface area contributed by atoms with Crippen molar-refractivity contribution in [2.24, 2.45) is 4.99 Å². The van der Waals surface area contributed by atoms with E-state index in [1.165, 1.54) is 12.6 Å².